The van der Waals surface area contributed by atoms with Crippen molar-refractivity contribution in [1.82, 2.24) is 9.21 Å². The van der Waals surface area contributed by atoms with Crippen LogP contribution >= 0.6 is 0 Å². The Labute approximate surface area is 195 Å². The van der Waals surface area contributed by atoms with E-state index in [1.165, 1.54) is 28.6 Å². The maximum atomic E-state index is 12.9. The predicted octanol–water partition coefficient (Wildman–Crippen LogP) is 2.23. The highest BCUT2D eigenvalue weighted by Crippen LogP contribution is 2.25. The lowest BCUT2D eigenvalue weighted by atomic mass is 9.98. The molecule has 0 bridgehead atoms. The van der Waals surface area contributed by atoms with E-state index >= 15 is 0 Å². The zero-order valence-corrected chi connectivity index (χ0v) is 20.2. The third-order valence-electron chi connectivity index (χ3n) is 5.32. The van der Waals surface area contributed by atoms with Gasteiger partial charge in [-0.25, -0.2) is 13.2 Å². The SMILES string of the molecule is C=C(C)CN(CC)C(=O)COC(=O)C1CCN(S(=O)(=O)c2ccc(C(=O)OCC)cc2)CC1. The van der Waals surface area contributed by atoms with Crippen molar-refractivity contribution in [2.24, 2.45) is 5.92 Å². The van der Waals surface area contributed by atoms with E-state index in [0.717, 1.165) is 5.57 Å². The van der Waals surface area contributed by atoms with Gasteiger partial charge in [0.25, 0.3) is 5.91 Å². The molecule has 0 radical (unpaired) electrons. The van der Waals surface area contributed by atoms with Gasteiger partial charge in [0, 0.05) is 26.2 Å². The number of esters is 2. The molecule has 0 unspecified atom stereocenters. The zero-order valence-electron chi connectivity index (χ0n) is 19.4. The van der Waals surface area contributed by atoms with Crippen molar-refractivity contribution < 1.29 is 32.3 Å². The lowest BCUT2D eigenvalue weighted by Crippen LogP contribution is -2.41. The smallest absolute Gasteiger partial charge is 0.338 e. The summed E-state index contributed by atoms with van der Waals surface area (Å²) in [6.07, 6.45) is 0.604. The largest absolute Gasteiger partial charge is 0.462 e. The first-order chi connectivity index (χ1) is 15.6. The maximum absolute atomic E-state index is 12.9. The quantitative estimate of drug-likeness (QED) is 0.373. The van der Waals surface area contributed by atoms with Crippen LogP contribution in [-0.4, -0.2) is 74.9 Å². The van der Waals surface area contributed by atoms with Gasteiger partial charge in [0.15, 0.2) is 6.61 Å². The van der Waals surface area contributed by atoms with Crippen LogP contribution in [-0.2, 0) is 29.1 Å². The van der Waals surface area contributed by atoms with E-state index in [-0.39, 0.29) is 42.7 Å². The fraction of sp³-hybridized carbons (Fsp3) is 0.522. The topological polar surface area (TPSA) is 110 Å². The summed E-state index contributed by atoms with van der Waals surface area (Å²) in [4.78, 5) is 38.0. The monoisotopic (exact) mass is 480 g/mol. The van der Waals surface area contributed by atoms with Gasteiger partial charge in [-0.15, -0.1) is 0 Å². The van der Waals surface area contributed by atoms with Gasteiger partial charge in [-0.1, -0.05) is 12.2 Å². The molecule has 0 atom stereocenters. The first-order valence-corrected chi connectivity index (χ1v) is 12.4. The number of benzene rings is 1. The fourth-order valence-electron chi connectivity index (χ4n) is 3.50. The second kappa shape index (κ2) is 11.9. The number of ether oxygens (including phenoxy) is 2. The molecule has 2 rings (SSSR count). The van der Waals surface area contributed by atoms with Crippen molar-refractivity contribution in [3.8, 4) is 0 Å². The van der Waals surface area contributed by atoms with Crippen LogP contribution in [0, 0.1) is 5.92 Å². The van der Waals surface area contributed by atoms with E-state index in [9.17, 15) is 22.8 Å². The Kier molecular flexibility index (Phi) is 9.60. The molecule has 1 aromatic carbocycles. The van der Waals surface area contributed by atoms with E-state index < -0.39 is 27.9 Å². The molecular weight excluding hydrogens is 448 g/mol. The second-order valence-electron chi connectivity index (χ2n) is 7.90. The Morgan fingerprint density at radius 3 is 2.21 bits per heavy atom. The molecule has 0 spiro atoms. The third kappa shape index (κ3) is 7.13. The number of hydrogen-bond acceptors (Lipinski definition) is 7. The normalized spacial score (nSPS) is 15.0. The number of piperidine rings is 1. The Hall–Kier alpha value is -2.72. The molecular formula is C23H32N2O7S. The van der Waals surface area contributed by atoms with Crippen LogP contribution in [0.2, 0.25) is 0 Å². The zero-order chi connectivity index (χ0) is 24.6. The molecule has 0 aliphatic carbocycles. The second-order valence-corrected chi connectivity index (χ2v) is 9.83. The summed E-state index contributed by atoms with van der Waals surface area (Å²) in [6.45, 7) is 10.2. The van der Waals surface area contributed by atoms with Crippen LogP contribution in [0.1, 0.15) is 44.0 Å². The summed E-state index contributed by atoms with van der Waals surface area (Å²) < 4.78 is 37.3. The number of sulfonamides is 1. The fourth-order valence-corrected chi connectivity index (χ4v) is 4.97. The van der Waals surface area contributed by atoms with Crippen molar-refractivity contribution in [3.63, 3.8) is 0 Å². The third-order valence-corrected chi connectivity index (χ3v) is 7.24. The van der Waals surface area contributed by atoms with Crippen molar-refractivity contribution >= 4 is 27.9 Å². The summed E-state index contributed by atoms with van der Waals surface area (Å²) in [6, 6.07) is 5.58. The van der Waals surface area contributed by atoms with E-state index in [4.69, 9.17) is 9.47 Å². The van der Waals surface area contributed by atoms with Crippen molar-refractivity contribution in [3.05, 3.63) is 42.0 Å². The molecule has 9 nitrogen and oxygen atoms in total. The summed E-state index contributed by atoms with van der Waals surface area (Å²) in [7, 11) is -3.76. The van der Waals surface area contributed by atoms with E-state index in [1.54, 1.807) is 11.8 Å². The molecule has 1 aromatic rings. The highest BCUT2D eigenvalue weighted by Gasteiger charge is 2.33. The Morgan fingerprint density at radius 1 is 1.09 bits per heavy atom. The number of likely N-dealkylation sites (N-methyl/N-ethyl adjacent to an activating group) is 1. The number of rotatable bonds is 10. The van der Waals surface area contributed by atoms with E-state index in [0.29, 0.717) is 25.9 Å². The molecule has 0 aromatic heterocycles. The predicted molar refractivity (Wildman–Crippen MR) is 122 cm³/mol. The lowest BCUT2D eigenvalue weighted by molar-refractivity contribution is -0.156. The summed E-state index contributed by atoms with van der Waals surface area (Å²) in [5, 5.41) is 0. The van der Waals surface area contributed by atoms with Crippen LogP contribution in [0.4, 0.5) is 0 Å². The molecule has 33 heavy (non-hydrogen) atoms. The van der Waals surface area contributed by atoms with Crippen molar-refractivity contribution in [2.75, 3.05) is 39.4 Å². The van der Waals surface area contributed by atoms with Gasteiger partial charge in [-0.05, 0) is 57.9 Å². The van der Waals surface area contributed by atoms with Crippen molar-refractivity contribution in [2.45, 2.75) is 38.5 Å². The minimum Gasteiger partial charge on any atom is -0.462 e. The molecule has 0 N–H and O–H groups in total. The average Bonchev–Trinajstić information content (AvgIpc) is 2.80. The average molecular weight is 481 g/mol. The van der Waals surface area contributed by atoms with Crippen LogP contribution in [0.5, 0.6) is 0 Å². The number of amides is 1. The highest BCUT2D eigenvalue weighted by molar-refractivity contribution is 7.89. The van der Waals surface area contributed by atoms with Gasteiger partial charge in [0.2, 0.25) is 10.0 Å². The number of hydrogen-bond donors (Lipinski definition) is 0. The summed E-state index contributed by atoms with van der Waals surface area (Å²) >= 11 is 0. The van der Waals surface area contributed by atoms with Crippen LogP contribution in [0.25, 0.3) is 0 Å². The Morgan fingerprint density at radius 2 is 1.70 bits per heavy atom. The number of carbonyl (C=O) groups is 3. The Balaban J connectivity index is 1.90. The van der Waals surface area contributed by atoms with E-state index in [2.05, 4.69) is 6.58 Å². The molecule has 1 aliphatic heterocycles. The summed E-state index contributed by atoms with van der Waals surface area (Å²) in [5.74, 6) is -1.77. The molecule has 1 fully saturated rings. The van der Waals surface area contributed by atoms with Gasteiger partial charge in [0.1, 0.15) is 0 Å². The van der Waals surface area contributed by atoms with Gasteiger partial charge >= 0.3 is 11.9 Å². The first-order valence-electron chi connectivity index (χ1n) is 11.0. The molecule has 1 aliphatic rings. The Bertz CT molecular complexity index is 965. The molecule has 0 saturated carbocycles. The van der Waals surface area contributed by atoms with Gasteiger partial charge in [-0.3, -0.25) is 9.59 Å². The van der Waals surface area contributed by atoms with E-state index in [1.807, 2.05) is 13.8 Å². The van der Waals surface area contributed by atoms with Gasteiger partial charge < -0.3 is 14.4 Å². The first kappa shape index (κ1) is 26.5. The highest BCUT2D eigenvalue weighted by atomic mass is 32.2. The molecule has 1 saturated heterocycles. The molecule has 1 heterocycles. The molecule has 10 heteroatoms. The van der Waals surface area contributed by atoms with Crippen LogP contribution in [0.3, 0.4) is 0 Å². The number of nitrogens with zero attached hydrogens (tertiary/aromatic N) is 2. The standard InChI is InChI=1S/C23H32N2O7S/c1-5-24(15-17(3)4)21(26)16-32-23(28)19-11-13-25(14-12-19)33(29,30)20-9-7-18(8-10-20)22(27)31-6-2/h7-10,19H,3,5-6,11-16H2,1-2,4H3. The van der Waals surface area contributed by atoms with Gasteiger partial charge in [-0.2, -0.15) is 4.31 Å². The molecule has 182 valence electrons. The van der Waals surface area contributed by atoms with Gasteiger partial charge in [0.05, 0.1) is 23.0 Å². The lowest BCUT2D eigenvalue weighted by Gasteiger charge is -2.30. The van der Waals surface area contributed by atoms with Crippen molar-refractivity contribution in [1.29, 1.82) is 0 Å². The van der Waals surface area contributed by atoms with Crippen LogP contribution in [0.15, 0.2) is 41.3 Å². The molecule has 1 amide bonds. The minimum atomic E-state index is -3.76. The number of carbonyl (C=O) groups excluding carboxylic acids is 3. The summed E-state index contributed by atoms with van der Waals surface area (Å²) in [5.41, 5.74) is 1.11. The van der Waals surface area contributed by atoms with Crippen LogP contribution < -0.4 is 0 Å². The minimum absolute atomic E-state index is 0.0688. The maximum Gasteiger partial charge on any atom is 0.338 e.